The second-order valence-electron chi connectivity index (χ2n) is 9.17. The third kappa shape index (κ3) is 6.42. The van der Waals surface area contributed by atoms with Gasteiger partial charge in [-0.2, -0.15) is 0 Å². The zero-order valence-corrected chi connectivity index (χ0v) is 22.0. The summed E-state index contributed by atoms with van der Waals surface area (Å²) < 4.78 is 0.904. The number of carboxylic acid groups (broad SMARTS) is 1. The third-order valence-corrected chi connectivity index (χ3v) is 6.55. The lowest BCUT2D eigenvalue weighted by Crippen LogP contribution is -2.13. The molecule has 7 heteroatoms. The van der Waals surface area contributed by atoms with E-state index in [1.165, 1.54) is 5.56 Å². The molecule has 4 aromatic rings. The summed E-state index contributed by atoms with van der Waals surface area (Å²) in [6.07, 6.45) is 2.56. The van der Waals surface area contributed by atoms with E-state index < -0.39 is 5.97 Å². The van der Waals surface area contributed by atoms with Gasteiger partial charge in [0, 0.05) is 21.8 Å². The quantitative estimate of drug-likeness (QED) is 0.203. The minimum Gasteiger partial charge on any atom is -0.494 e. The molecular formula is C29H30BrN3O3. The summed E-state index contributed by atoms with van der Waals surface area (Å²) in [5.74, 6) is -0.794. The highest BCUT2D eigenvalue weighted by molar-refractivity contribution is 9.10. The van der Waals surface area contributed by atoms with Crippen molar-refractivity contribution in [2.45, 2.75) is 25.7 Å². The molecule has 0 bridgehead atoms. The number of aliphatic imine (C=N–C) groups is 1. The van der Waals surface area contributed by atoms with Crippen LogP contribution in [0.4, 0.5) is 5.69 Å². The average molecular weight is 548 g/mol. The number of aryl methyl sites for hydroxylation is 2. The first kappa shape index (κ1) is 25.7. The van der Waals surface area contributed by atoms with Crippen molar-refractivity contribution < 1.29 is 15.0 Å². The molecule has 3 N–H and O–H groups in total. The second-order valence-corrected chi connectivity index (χ2v) is 10.1. The van der Waals surface area contributed by atoms with Gasteiger partial charge in [0.05, 0.1) is 22.5 Å². The van der Waals surface area contributed by atoms with Crippen LogP contribution in [0.15, 0.2) is 76.2 Å². The van der Waals surface area contributed by atoms with E-state index >= 15 is 0 Å². The Kier molecular flexibility index (Phi) is 8.23. The molecular weight excluding hydrogens is 518 g/mol. The van der Waals surface area contributed by atoms with Crippen molar-refractivity contribution in [3.8, 4) is 5.88 Å². The van der Waals surface area contributed by atoms with Crippen molar-refractivity contribution in [1.29, 1.82) is 0 Å². The Balaban J connectivity index is 1.76. The number of aromatic amines is 1. The first-order chi connectivity index (χ1) is 17.3. The maximum atomic E-state index is 11.1. The number of nitrogens with one attached hydrogen (secondary N) is 1. The molecule has 0 spiro atoms. The molecule has 0 aliphatic rings. The maximum Gasteiger partial charge on any atom is 0.303 e. The number of H-pyrrole nitrogens is 1. The van der Waals surface area contributed by atoms with Crippen molar-refractivity contribution in [2.75, 3.05) is 20.6 Å². The predicted molar refractivity (Wildman–Crippen MR) is 149 cm³/mol. The monoisotopic (exact) mass is 547 g/mol. The van der Waals surface area contributed by atoms with Gasteiger partial charge in [0.15, 0.2) is 5.88 Å². The van der Waals surface area contributed by atoms with Crippen LogP contribution in [0.2, 0.25) is 0 Å². The minimum atomic E-state index is -0.834. The number of aromatic nitrogens is 1. The first-order valence-electron chi connectivity index (χ1n) is 11.9. The van der Waals surface area contributed by atoms with Crippen LogP contribution in [0.3, 0.4) is 0 Å². The number of aromatic hydroxyl groups is 1. The van der Waals surface area contributed by atoms with Gasteiger partial charge >= 0.3 is 5.97 Å². The van der Waals surface area contributed by atoms with Gasteiger partial charge in [0.25, 0.3) is 0 Å². The first-order valence-corrected chi connectivity index (χ1v) is 12.7. The van der Waals surface area contributed by atoms with Gasteiger partial charge in [-0.25, -0.2) is 4.99 Å². The van der Waals surface area contributed by atoms with E-state index in [1.54, 1.807) is 0 Å². The largest absolute Gasteiger partial charge is 0.494 e. The lowest BCUT2D eigenvalue weighted by molar-refractivity contribution is -0.136. The number of carboxylic acids is 1. The molecule has 1 aromatic heterocycles. The van der Waals surface area contributed by atoms with Crippen LogP contribution in [-0.4, -0.2) is 52.4 Å². The summed E-state index contributed by atoms with van der Waals surface area (Å²) in [5, 5.41) is 20.9. The van der Waals surface area contributed by atoms with Gasteiger partial charge in [0.1, 0.15) is 0 Å². The van der Waals surface area contributed by atoms with Crippen LogP contribution < -0.4 is 0 Å². The molecule has 36 heavy (non-hydrogen) atoms. The standard InChI is InChI=1S/C29H30BrN3O3/c1-33(2)16-4-6-19-8-12-23(13-9-19)31-28(21-7-3-5-20(17-21)10-15-26(34)35)27-24-14-11-22(30)18-25(24)32-29(27)36/h3,5,7-9,11-14,17-18,32,36H,4,6,10,15-16H2,1-2H3,(H,34,35). The highest BCUT2D eigenvalue weighted by Gasteiger charge is 2.19. The molecule has 0 aliphatic carbocycles. The Bertz CT molecular complexity index is 1390. The highest BCUT2D eigenvalue weighted by atomic mass is 79.9. The molecule has 0 fully saturated rings. The number of benzene rings is 3. The summed E-state index contributed by atoms with van der Waals surface area (Å²) >= 11 is 3.49. The predicted octanol–water partition coefficient (Wildman–Crippen LogP) is 6.32. The number of rotatable bonds is 10. The Morgan fingerprint density at radius 2 is 1.78 bits per heavy atom. The third-order valence-electron chi connectivity index (χ3n) is 6.05. The lowest BCUT2D eigenvalue weighted by atomic mass is 9.97. The summed E-state index contributed by atoms with van der Waals surface area (Å²) in [5.41, 5.74) is 5.79. The van der Waals surface area contributed by atoms with E-state index in [2.05, 4.69) is 52.0 Å². The van der Waals surface area contributed by atoms with Crippen LogP contribution in [0.25, 0.3) is 10.9 Å². The number of hydrogen-bond acceptors (Lipinski definition) is 4. The maximum absolute atomic E-state index is 11.1. The zero-order chi connectivity index (χ0) is 25.7. The molecule has 0 atom stereocenters. The van der Waals surface area contributed by atoms with E-state index in [-0.39, 0.29) is 12.3 Å². The molecule has 6 nitrogen and oxygen atoms in total. The summed E-state index contributed by atoms with van der Waals surface area (Å²) in [4.78, 5) is 21.3. The Labute approximate surface area is 219 Å². The molecule has 0 unspecified atom stereocenters. The molecule has 0 amide bonds. The van der Waals surface area contributed by atoms with Gasteiger partial charge in [-0.1, -0.05) is 52.3 Å². The van der Waals surface area contributed by atoms with E-state index in [4.69, 9.17) is 10.1 Å². The molecule has 4 rings (SSSR count). The fourth-order valence-electron chi connectivity index (χ4n) is 4.25. The van der Waals surface area contributed by atoms with Crippen molar-refractivity contribution >= 4 is 44.2 Å². The fourth-order valence-corrected chi connectivity index (χ4v) is 4.61. The summed E-state index contributed by atoms with van der Waals surface area (Å²) in [6.45, 7) is 1.04. The van der Waals surface area contributed by atoms with E-state index in [9.17, 15) is 9.90 Å². The number of aliphatic carboxylic acids is 1. The van der Waals surface area contributed by atoms with E-state index in [0.29, 0.717) is 17.7 Å². The Morgan fingerprint density at radius 3 is 2.50 bits per heavy atom. The van der Waals surface area contributed by atoms with Gasteiger partial charge in [-0.15, -0.1) is 0 Å². The van der Waals surface area contributed by atoms with Gasteiger partial charge in [-0.3, -0.25) is 4.79 Å². The van der Waals surface area contributed by atoms with Crippen molar-refractivity contribution in [3.05, 3.63) is 93.5 Å². The number of nitrogens with zero attached hydrogens (tertiary/aromatic N) is 2. The van der Waals surface area contributed by atoms with Crippen LogP contribution in [0, 0.1) is 0 Å². The number of carbonyl (C=O) groups is 1. The molecule has 0 saturated heterocycles. The lowest BCUT2D eigenvalue weighted by Gasteiger charge is -2.11. The highest BCUT2D eigenvalue weighted by Crippen LogP contribution is 2.33. The van der Waals surface area contributed by atoms with Crippen molar-refractivity contribution in [3.63, 3.8) is 0 Å². The van der Waals surface area contributed by atoms with E-state index in [1.807, 2.05) is 54.6 Å². The van der Waals surface area contributed by atoms with Crippen LogP contribution in [-0.2, 0) is 17.6 Å². The SMILES string of the molecule is CN(C)CCCc1ccc(N=C(c2cccc(CCC(=O)O)c2)c2c(O)[nH]c3cc(Br)ccc23)cc1. The van der Waals surface area contributed by atoms with Crippen molar-refractivity contribution in [2.24, 2.45) is 4.99 Å². The summed E-state index contributed by atoms with van der Waals surface area (Å²) in [6, 6.07) is 21.7. The van der Waals surface area contributed by atoms with Crippen LogP contribution in [0.1, 0.15) is 35.1 Å². The normalized spacial score (nSPS) is 11.9. The van der Waals surface area contributed by atoms with Crippen LogP contribution in [0.5, 0.6) is 5.88 Å². The van der Waals surface area contributed by atoms with Gasteiger partial charge < -0.3 is 20.1 Å². The van der Waals surface area contributed by atoms with Crippen LogP contribution >= 0.6 is 15.9 Å². The van der Waals surface area contributed by atoms with Crippen molar-refractivity contribution in [1.82, 2.24) is 9.88 Å². The minimum absolute atomic E-state index is 0.0399. The summed E-state index contributed by atoms with van der Waals surface area (Å²) in [7, 11) is 4.16. The molecule has 3 aromatic carbocycles. The average Bonchev–Trinajstić information content (AvgIpc) is 3.16. The molecule has 186 valence electrons. The fraction of sp³-hybridized carbons (Fsp3) is 0.241. The van der Waals surface area contributed by atoms with Gasteiger partial charge in [-0.05, 0) is 81.4 Å². The Hall–Kier alpha value is -3.42. The van der Waals surface area contributed by atoms with E-state index in [0.717, 1.165) is 51.6 Å². The van der Waals surface area contributed by atoms with Gasteiger partial charge in [0.2, 0.25) is 0 Å². The molecule has 0 saturated carbocycles. The molecule has 1 heterocycles. The molecule has 0 radical (unpaired) electrons. The number of hydrogen-bond donors (Lipinski definition) is 3. The Morgan fingerprint density at radius 1 is 1.00 bits per heavy atom. The second kappa shape index (κ2) is 11.5. The number of halogens is 1. The molecule has 0 aliphatic heterocycles. The smallest absolute Gasteiger partial charge is 0.303 e. The topological polar surface area (TPSA) is 88.9 Å². The zero-order valence-electron chi connectivity index (χ0n) is 20.5. The number of fused-ring (bicyclic) bond motifs is 1.